The van der Waals surface area contributed by atoms with Gasteiger partial charge in [0.05, 0.1) is 13.1 Å². The van der Waals surface area contributed by atoms with Gasteiger partial charge in [0, 0.05) is 6.54 Å². The molecular weight excluding hydrogens is 266 g/mol. The van der Waals surface area contributed by atoms with E-state index in [1.54, 1.807) is 0 Å². The molecule has 0 spiro atoms. The molecule has 19 heavy (non-hydrogen) atoms. The van der Waals surface area contributed by atoms with Gasteiger partial charge in [-0.05, 0) is 24.7 Å². The summed E-state index contributed by atoms with van der Waals surface area (Å²) in [6, 6.07) is 0. The first-order valence-electron chi connectivity index (χ1n) is 6.85. The van der Waals surface area contributed by atoms with Gasteiger partial charge in [-0.1, -0.05) is 26.2 Å². The lowest BCUT2D eigenvalue weighted by Gasteiger charge is -2.26. The number of rotatable bonds is 6. The smallest absolute Gasteiger partial charge is 0.239 e. The highest BCUT2D eigenvalue weighted by atomic mass is 35.5. The fourth-order valence-electron chi connectivity index (χ4n) is 2.55. The predicted octanol–water partition coefficient (Wildman–Crippen LogP) is 0.816. The molecule has 0 aromatic carbocycles. The van der Waals surface area contributed by atoms with Crippen LogP contribution in [-0.2, 0) is 9.59 Å². The second-order valence-electron chi connectivity index (χ2n) is 5.26. The molecule has 1 aliphatic rings. The Balaban J connectivity index is 0.00000324. The zero-order valence-electron chi connectivity index (χ0n) is 11.6. The fourth-order valence-corrected chi connectivity index (χ4v) is 2.55. The summed E-state index contributed by atoms with van der Waals surface area (Å²) in [6.45, 7) is 2.95. The van der Waals surface area contributed by atoms with E-state index < -0.39 is 0 Å². The topological polar surface area (TPSA) is 84.2 Å². The molecule has 1 fully saturated rings. The lowest BCUT2D eigenvalue weighted by Crippen LogP contribution is -2.40. The predicted molar refractivity (Wildman–Crippen MR) is 78.1 cm³/mol. The summed E-state index contributed by atoms with van der Waals surface area (Å²) in [6.07, 6.45) is 6.26. The van der Waals surface area contributed by atoms with Crippen LogP contribution in [0.5, 0.6) is 0 Å². The van der Waals surface area contributed by atoms with Crippen LogP contribution in [0, 0.1) is 11.8 Å². The molecule has 0 saturated heterocycles. The highest BCUT2D eigenvalue weighted by Gasteiger charge is 2.18. The third-order valence-electron chi connectivity index (χ3n) is 3.55. The molecule has 1 rings (SSSR count). The van der Waals surface area contributed by atoms with Crippen LogP contribution in [0.15, 0.2) is 0 Å². The molecule has 1 aliphatic carbocycles. The van der Waals surface area contributed by atoms with Crippen molar-refractivity contribution in [2.75, 3.05) is 19.6 Å². The maximum Gasteiger partial charge on any atom is 0.239 e. The second-order valence-corrected chi connectivity index (χ2v) is 5.26. The summed E-state index contributed by atoms with van der Waals surface area (Å²) in [4.78, 5) is 22.3. The zero-order valence-corrected chi connectivity index (χ0v) is 12.4. The van der Waals surface area contributed by atoms with Crippen LogP contribution in [-0.4, -0.2) is 31.4 Å². The van der Waals surface area contributed by atoms with Gasteiger partial charge in [-0.2, -0.15) is 0 Å². The highest BCUT2D eigenvalue weighted by Crippen LogP contribution is 2.30. The zero-order chi connectivity index (χ0) is 13.4. The van der Waals surface area contributed by atoms with E-state index in [0.717, 1.165) is 18.3 Å². The van der Waals surface area contributed by atoms with Gasteiger partial charge < -0.3 is 16.4 Å². The first-order chi connectivity index (χ1) is 8.61. The molecule has 112 valence electrons. The third-order valence-corrected chi connectivity index (χ3v) is 3.55. The van der Waals surface area contributed by atoms with Crippen LogP contribution in [0.2, 0.25) is 0 Å². The quantitative estimate of drug-likeness (QED) is 0.677. The average molecular weight is 292 g/mol. The van der Waals surface area contributed by atoms with E-state index in [9.17, 15) is 9.59 Å². The van der Waals surface area contributed by atoms with Crippen molar-refractivity contribution in [2.24, 2.45) is 17.6 Å². The minimum Gasteiger partial charge on any atom is -0.355 e. The lowest BCUT2D eigenvalue weighted by atomic mass is 9.81. The Kier molecular flexibility index (Phi) is 9.61. The first kappa shape index (κ1) is 18.2. The molecule has 0 heterocycles. The van der Waals surface area contributed by atoms with Gasteiger partial charge >= 0.3 is 0 Å². The van der Waals surface area contributed by atoms with Crippen LogP contribution < -0.4 is 16.4 Å². The summed E-state index contributed by atoms with van der Waals surface area (Å²) in [7, 11) is 0. The Bertz CT molecular complexity index is 287. The Morgan fingerprint density at radius 2 is 1.95 bits per heavy atom. The van der Waals surface area contributed by atoms with Gasteiger partial charge in [-0.15, -0.1) is 12.4 Å². The van der Waals surface area contributed by atoms with Crippen molar-refractivity contribution in [3.05, 3.63) is 0 Å². The van der Waals surface area contributed by atoms with Gasteiger partial charge in [0.2, 0.25) is 11.8 Å². The van der Waals surface area contributed by atoms with Crippen molar-refractivity contribution in [1.29, 1.82) is 0 Å². The molecule has 2 amide bonds. The largest absolute Gasteiger partial charge is 0.355 e. The van der Waals surface area contributed by atoms with E-state index in [-0.39, 0.29) is 37.3 Å². The van der Waals surface area contributed by atoms with Crippen molar-refractivity contribution in [2.45, 2.75) is 39.0 Å². The normalized spacial score (nSPS) is 22.2. The van der Waals surface area contributed by atoms with E-state index in [0.29, 0.717) is 6.54 Å². The Morgan fingerprint density at radius 1 is 1.21 bits per heavy atom. The van der Waals surface area contributed by atoms with Crippen LogP contribution in [0.4, 0.5) is 0 Å². The second kappa shape index (κ2) is 10.0. The Morgan fingerprint density at radius 3 is 2.58 bits per heavy atom. The number of nitrogens with one attached hydrogen (secondary N) is 2. The lowest BCUT2D eigenvalue weighted by molar-refractivity contribution is -0.125. The van der Waals surface area contributed by atoms with Crippen molar-refractivity contribution in [3.8, 4) is 0 Å². The van der Waals surface area contributed by atoms with Crippen LogP contribution in [0.1, 0.15) is 39.0 Å². The SMILES string of the molecule is CC1CCCC(CCNC(=O)CNC(=O)CN)C1.Cl. The van der Waals surface area contributed by atoms with Crippen molar-refractivity contribution in [1.82, 2.24) is 10.6 Å². The molecule has 4 N–H and O–H groups in total. The molecule has 1 saturated carbocycles. The van der Waals surface area contributed by atoms with Gasteiger partial charge in [0.25, 0.3) is 0 Å². The molecule has 0 aromatic heterocycles. The Hall–Kier alpha value is -0.810. The fraction of sp³-hybridized carbons (Fsp3) is 0.846. The van der Waals surface area contributed by atoms with E-state index in [1.165, 1.54) is 25.7 Å². The maximum absolute atomic E-state index is 11.4. The summed E-state index contributed by atoms with van der Waals surface area (Å²) in [5, 5.41) is 5.28. The van der Waals surface area contributed by atoms with Crippen LogP contribution >= 0.6 is 12.4 Å². The molecule has 6 heteroatoms. The van der Waals surface area contributed by atoms with Gasteiger partial charge in [-0.25, -0.2) is 0 Å². The number of amides is 2. The summed E-state index contributed by atoms with van der Waals surface area (Å²) < 4.78 is 0. The van der Waals surface area contributed by atoms with Crippen LogP contribution in [0.3, 0.4) is 0 Å². The van der Waals surface area contributed by atoms with Crippen LogP contribution in [0.25, 0.3) is 0 Å². The number of hydrogen-bond acceptors (Lipinski definition) is 3. The van der Waals surface area contributed by atoms with E-state index >= 15 is 0 Å². The molecule has 5 nitrogen and oxygen atoms in total. The molecule has 0 radical (unpaired) electrons. The average Bonchev–Trinajstić information content (AvgIpc) is 2.36. The van der Waals surface area contributed by atoms with Crippen molar-refractivity contribution < 1.29 is 9.59 Å². The van der Waals surface area contributed by atoms with Gasteiger partial charge in [0.1, 0.15) is 0 Å². The third kappa shape index (κ3) is 8.06. The highest BCUT2D eigenvalue weighted by molar-refractivity contribution is 5.85. The minimum absolute atomic E-state index is 0. The molecule has 0 bridgehead atoms. The number of carbonyl (C=O) groups is 2. The summed E-state index contributed by atoms with van der Waals surface area (Å²) in [5.41, 5.74) is 5.13. The molecule has 0 aromatic rings. The monoisotopic (exact) mass is 291 g/mol. The maximum atomic E-state index is 11.4. The standard InChI is InChI=1S/C13H25N3O2.ClH/c1-10-3-2-4-11(7-10)5-6-15-13(18)9-16-12(17)8-14;/h10-11H,2-9,14H2,1H3,(H,15,18)(H,16,17);1H. The molecular formula is C13H26ClN3O2. The van der Waals surface area contributed by atoms with E-state index in [1.807, 2.05) is 0 Å². The van der Waals surface area contributed by atoms with E-state index in [4.69, 9.17) is 5.73 Å². The number of hydrogen-bond donors (Lipinski definition) is 3. The summed E-state index contributed by atoms with van der Waals surface area (Å²) in [5.74, 6) is 1.13. The minimum atomic E-state index is -0.300. The summed E-state index contributed by atoms with van der Waals surface area (Å²) >= 11 is 0. The Labute approximate surface area is 121 Å². The van der Waals surface area contributed by atoms with Crippen molar-refractivity contribution in [3.63, 3.8) is 0 Å². The molecule has 0 aliphatic heterocycles. The van der Waals surface area contributed by atoms with E-state index in [2.05, 4.69) is 17.6 Å². The number of nitrogens with two attached hydrogens (primary N) is 1. The number of halogens is 1. The molecule has 2 unspecified atom stereocenters. The first-order valence-corrected chi connectivity index (χ1v) is 6.85. The van der Waals surface area contributed by atoms with Gasteiger partial charge in [-0.3, -0.25) is 9.59 Å². The van der Waals surface area contributed by atoms with Crippen molar-refractivity contribution >= 4 is 24.2 Å². The number of carbonyl (C=O) groups excluding carboxylic acids is 2. The van der Waals surface area contributed by atoms with Gasteiger partial charge in [0.15, 0.2) is 0 Å². The molecule has 2 atom stereocenters.